The smallest absolute Gasteiger partial charge is 0.150 e. The first-order valence-corrected chi connectivity index (χ1v) is 17.0. The second-order valence-electron chi connectivity index (χ2n) is 9.62. The first-order chi connectivity index (χ1) is 21.4. The lowest BCUT2D eigenvalue weighted by Gasteiger charge is -2.20. The summed E-state index contributed by atoms with van der Waals surface area (Å²) in [6, 6.07) is 15.3. The van der Waals surface area contributed by atoms with Crippen LogP contribution in [-0.2, 0) is 0 Å². The van der Waals surface area contributed by atoms with Gasteiger partial charge < -0.3 is 19.7 Å². The summed E-state index contributed by atoms with van der Waals surface area (Å²) in [4.78, 5) is 40.3. The molecule has 0 amide bonds. The molecule has 0 radical (unpaired) electrons. The van der Waals surface area contributed by atoms with E-state index in [1.807, 2.05) is 32.0 Å². The van der Waals surface area contributed by atoms with Crippen LogP contribution in [0.1, 0.15) is 57.8 Å². The Bertz CT molecular complexity index is 1630. The molecule has 7 nitrogen and oxygen atoms in total. The summed E-state index contributed by atoms with van der Waals surface area (Å²) in [6.07, 6.45) is 3.63. The van der Waals surface area contributed by atoms with Gasteiger partial charge in [0.25, 0.3) is 0 Å². The minimum absolute atomic E-state index is 0.0252. The van der Waals surface area contributed by atoms with E-state index in [4.69, 9.17) is 9.47 Å². The van der Waals surface area contributed by atoms with Crippen molar-refractivity contribution in [3.05, 3.63) is 71.3 Å². The number of rotatable bonds is 9. The van der Waals surface area contributed by atoms with Crippen molar-refractivity contribution in [1.82, 2.24) is 0 Å². The van der Waals surface area contributed by atoms with Gasteiger partial charge in [0.15, 0.2) is 0 Å². The second kappa shape index (κ2) is 14.5. The number of carbonyl (C=O) groups is 3. The number of benzene rings is 4. The molecular formula is C33H28O7S4. The molecule has 2 N–H and O–H groups in total. The number of ether oxygens (including phenoxy) is 2. The lowest BCUT2D eigenvalue weighted by molar-refractivity contribution is 0.111. The van der Waals surface area contributed by atoms with Gasteiger partial charge in [0.1, 0.15) is 41.9 Å². The van der Waals surface area contributed by atoms with Crippen LogP contribution < -0.4 is 9.47 Å². The molecule has 1 aliphatic heterocycles. The number of aromatic hydroxyl groups is 2. The maximum absolute atomic E-state index is 12.1. The largest absolute Gasteiger partial charge is 0.506 e. The van der Waals surface area contributed by atoms with Crippen LogP contribution in [0.5, 0.6) is 23.0 Å². The number of hydrogen-bond donors (Lipinski definition) is 2. The summed E-state index contributed by atoms with van der Waals surface area (Å²) in [5.41, 5.74) is 1.09. The third-order valence-corrected chi connectivity index (χ3v) is 10.6. The van der Waals surface area contributed by atoms with E-state index in [1.165, 1.54) is 47.0 Å². The molecule has 0 aliphatic carbocycles. The molecule has 5 rings (SSSR count). The van der Waals surface area contributed by atoms with Crippen LogP contribution in [0.25, 0.3) is 0 Å². The topological polar surface area (TPSA) is 110 Å². The molecule has 4 aromatic carbocycles. The van der Waals surface area contributed by atoms with Crippen LogP contribution in [-0.4, -0.2) is 42.3 Å². The molecule has 226 valence electrons. The van der Waals surface area contributed by atoms with Gasteiger partial charge in [0, 0.05) is 16.7 Å². The predicted molar refractivity (Wildman–Crippen MR) is 173 cm³/mol. The normalized spacial score (nSPS) is 12.3. The second-order valence-corrected chi connectivity index (χ2v) is 14.0. The molecule has 8 bridgehead atoms. The SMILES string of the molecule is CCCOc1c2cccc1Sc1cc(C=O)cc(c1O)Sc1cc(C=O)cc(c1OCCC)Sc1cc(C=O)cc(c1O)S2. The zero-order valence-corrected chi connectivity index (χ0v) is 27.1. The first kappa shape index (κ1) is 31.9. The molecule has 44 heavy (non-hydrogen) atoms. The van der Waals surface area contributed by atoms with Gasteiger partial charge >= 0.3 is 0 Å². The van der Waals surface area contributed by atoms with E-state index < -0.39 is 0 Å². The Morgan fingerprint density at radius 3 is 1.20 bits per heavy atom. The molecule has 0 spiro atoms. The summed E-state index contributed by atoms with van der Waals surface area (Å²) in [5.74, 6) is 0.962. The Balaban J connectivity index is 1.82. The van der Waals surface area contributed by atoms with Crippen molar-refractivity contribution >= 4 is 65.9 Å². The van der Waals surface area contributed by atoms with E-state index >= 15 is 0 Å². The Kier molecular flexibility index (Phi) is 10.5. The highest BCUT2D eigenvalue weighted by Crippen LogP contribution is 2.53. The highest BCUT2D eigenvalue weighted by atomic mass is 32.2. The average molecular weight is 665 g/mol. The quantitative estimate of drug-likeness (QED) is 0.147. The third-order valence-electron chi connectivity index (χ3n) is 6.30. The summed E-state index contributed by atoms with van der Waals surface area (Å²) in [5, 5.41) is 23.0. The Morgan fingerprint density at radius 1 is 0.545 bits per heavy atom. The number of fused-ring (bicyclic) bond motifs is 8. The van der Waals surface area contributed by atoms with E-state index in [9.17, 15) is 24.6 Å². The van der Waals surface area contributed by atoms with Crippen LogP contribution >= 0.6 is 47.0 Å². The van der Waals surface area contributed by atoms with E-state index in [-0.39, 0.29) is 11.5 Å². The maximum Gasteiger partial charge on any atom is 0.150 e. The van der Waals surface area contributed by atoms with Gasteiger partial charge in [-0.15, -0.1) is 0 Å². The number of carbonyl (C=O) groups excluding carboxylic acids is 3. The number of para-hydroxylation sites is 1. The minimum Gasteiger partial charge on any atom is -0.506 e. The Labute approximate surface area is 272 Å². The molecule has 0 fully saturated rings. The summed E-state index contributed by atoms with van der Waals surface area (Å²) < 4.78 is 12.4. The molecule has 0 aromatic heterocycles. The zero-order valence-electron chi connectivity index (χ0n) is 23.8. The van der Waals surface area contributed by atoms with Gasteiger partial charge in [-0.05, 0) is 61.4 Å². The first-order valence-electron chi connectivity index (χ1n) is 13.8. The van der Waals surface area contributed by atoms with Crippen molar-refractivity contribution in [2.45, 2.75) is 65.9 Å². The van der Waals surface area contributed by atoms with Crippen molar-refractivity contribution in [3.8, 4) is 23.0 Å². The molecule has 4 aromatic rings. The van der Waals surface area contributed by atoms with Crippen molar-refractivity contribution in [3.63, 3.8) is 0 Å². The fourth-order valence-corrected chi connectivity index (χ4v) is 8.83. The van der Waals surface area contributed by atoms with Crippen LogP contribution in [0.15, 0.2) is 93.8 Å². The van der Waals surface area contributed by atoms with Crippen molar-refractivity contribution < 1.29 is 34.1 Å². The fraction of sp³-hybridized carbons (Fsp3) is 0.182. The van der Waals surface area contributed by atoms with Crippen LogP contribution in [0.2, 0.25) is 0 Å². The van der Waals surface area contributed by atoms with E-state index in [0.717, 1.165) is 19.0 Å². The summed E-state index contributed by atoms with van der Waals surface area (Å²) in [7, 11) is 0. The fourth-order valence-electron chi connectivity index (χ4n) is 4.29. The molecule has 0 saturated heterocycles. The molecular weight excluding hydrogens is 637 g/mol. The van der Waals surface area contributed by atoms with Gasteiger partial charge in [-0.25, -0.2) is 0 Å². The van der Waals surface area contributed by atoms with Gasteiger partial charge in [-0.1, -0.05) is 67.0 Å². The minimum atomic E-state index is -0.0252. The monoisotopic (exact) mass is 664 g/mol. The molecule has 1 heterocycles. The number of aldehydes is 3. The lowest BCUT2D eigenvalue weighted by atomic mass is 10.2. The van der Waals surface area contributed by atoms with E-state index in [2.05, 4.69) is 0 Å². The molecule has 0 saturated carbocycles. The highest BCUT2D eigenvalue weighted by Gasteiger charge is 2.23. The Morgan fingerprint density at radius 2 is 0.864 bits per heavy atom. The van der Waals surface area contributed by atoms with Crippen LogP contribution in [0.3, 0.4) is 0 Å². The highest BCUT2D eigenvalue weighted by molar-refractivity contribution is 8.01. The van der Waals surface area contributed by atoms with Crippen molar-refractivity contribution in [2.24, 2.45) is 0 Å². The number of hydrogen-bond acceptors (Lipinski definition) is 11. The van der Waals surface area contributed by atoms with Crippen molar-refractivity contribution in [2.75, 3.05) is 13.2 Å². The lowest BCUT2D eigenvalue weighted by Crippen LogP contribution is -2.00. The maximum atomic E-state index is 12.1. The standard InChI is InChI=1S/C33H28O7S4/c1-3-8-39-32-22-6-5-7-23(32)42-25-11-20(17-35)13-27(31(25)38)44-29-15-21(18-36)14-28(33(29)40-9-4-2)43-26-12-19(16-34)10-24(41-22)30(26)37/h5-7,10-18,37-38H,3-4,8-9H2,1-2H3. The molecule has 11 heteroatoms. The molecule has 0 atom stereocenters. The Hall–Kier alpha value is -3.51. The van der Waals surface area contributed by atoms with Gasteiger partial charge in [-0.3, -0.25) is 14.4 Å². The van der Waals surface area contributed by atoms with Gasteiger partial charge in [0.05, 0.1) is 52.4 Å². The number of phenolic OH excluding ortho intramolecular Hbond substituents is 2. The average Bonchev–Trinajstić information content (AvgIpc) is 3.03. The van der Waals surface area contributed by atoms with Gasteiger partial charge in [-0.2, -0.15) is 0 Å². The van der Waals surface area contributed by atoms with Crippen LogP contribution in [0.4, 0.5) is 0 Å². The summed E-state index contributed by atoms with van der Waals surface area (Å²) in [6.45, 7) is 4.77. The van der Waals surface area contributed by atoms with Gasteiger partial charge in [0.2, 0.25) is 0 Å². The molecule has 1 aliphatic rings. The molecule has 0 unspecified atom stereocenters. The predicted octanol–water partition coefficient (Wildman–Crippen LogP) is 9.03. The van der Waals surface area contributed by atoms with E-state index in [0.29, 0.717) is 93.3 Å². The van der Waals surface area contributed by atoms with E-state index in [1.54, 1.807) is 36.4 Å². The van der Waals surface area contributed by atoms with Crippen molar-refractivity contribution in [1.29, 1.82) is 0 Å². The zero-order chi connectivity index (χ0) is 31.2. The number of phenols is 2. The summed E-state index contributed by atoms with van der Waals surface area (Å²) >= 11 is 4.84. The third kappa shape index (κ3) is 6.91. The van der Waals surface area contributed by atoms with Crippen LogP contribution in [0, 0.1) is 0 Å².